The van der Waals surface area contributed by atoms with Gasteiger partial charge in [-0.3, -0.25) is 0 Å². The summed E-state index contributed by atoms with van der Waals surface area (Å²) in [5.41, 5.74) is 1.01. The second-order valence-electron chi connectivity index (χ2n) is 5.72. The summed E-state index contributed by atoms with van der Waals surface area (Å²) in [6.07, 6.45) is 2.14. The maximum atomic E-state index is 13.6. The van der Waals surface area contributed by atoms with Crippen LogP contribution in [-0.4, -0.2) is 34.2 Å². The van der Waals surface area contributed by atoms with Crippen LogP contribution in [0, 0.1) is 12.2 Å². The molecule has 2 aromatic carbocycles. The molecule has 0 bridgehead atoms. The molecule has 1 atom stereocenters. The van der Waals surface area contributed by atoms with Gasteiger partial charge in [-0.1, -0.05) is 12.1 Å². The minimum Gasteiger partial charge on any atom is -0.507 e. The lowest BCUT2D eigenvalue weighted by molar-refractivity contribution is 0.475. The number of aromatic nitrogens is 2. The van der Waals surface area contributed by atoms with Crippen LogP contribution < -0.4 is 10.6 Å². The van der Waals surface area contributed by atoms with Crippen LogP contribution in [0.2, 0.25) is 0 Å². The number of para-hydroxylation sites is 1. The van der Waals surface area contributed by atoms with E-state index in [-0.39, 0.29) is 17.4 Å². The van der Waals surface area contributed by atoms with Crippen molar-refractivity contribution in [3.05, 3.63) is 54.7 Å². The number of nitrogens with zero attached hydrogens (tertiary/aromatic N) is 2. The first kappa shape index (κ1) is 14.8. The van der Waals surface area contributed by atoms with E-state index in [4.69, 9.17) is 0 Å². The van der Waals surface area contributed by atoms with Gasteiger partial charge in [0.05, 0.1) is 11.1 Å². The van der Waals surface area contributed by atoms with E-state index in [1.807, 2.05) is 24.3 Å². The third-order valence-corrected chi connectivity index (χ3v) is 4.04. The van der Waals surface area contributed by atoms with Gasteiger partial charge in [-0.25, -0.2) is 14.4 Å². The van der Waals surface area contributed by atoms with Crippen LogP contribution in [0.1, 0.15) is 0 Å². The molecular formula is C18H16FN4O. The summed E-state index contributed by atoms with van der Waals surface area (Å²) in [6, 6.07) is 11.5. The lowest BCUT2D eigenvalue weighted by Gasteiger charge is -2.15. The molecule has 1 aliphatic heterocycles. The fraction of sp³-hybridized carbons (Fsp3) is 0.167. The van der Waals surface area contributed by atoms with Crippen molar-refractivity contribution in [2.45, 2.75) is 6.04 Å². The Morgan fingerprint density at radius 1 is 1.17 bits per heavy atom. The number of benzene rings is 2. The fourth-order valence-corrected chi connectivity index (χ4v) is 2.83. The number of nitrogens with one attached hydrogen (secondary N) is 2. The van der Waals surface area contributed by atoms with Gasteiger partial charge in [0.2, 0.25) is 0 Å². The van der Waals surface area contributed by atoms with Crippen molar-refractivity contribution in [2.75, 3.05) is 18.4 Å². The monoisotopic (exact) mass is 323 g/mol. The fourth-order valence-electron chi connectivity index (χ4n) is 2.83. The van der Waals surface area contributed by atoms with Crippen LogP contribution in [0.5, 0.6) is 5.75 Å². The van der Waals surface area contributed by atoms with Crippen LogP contribution in [0.4, 0.5) is 10.2 Å². The van der Waals surface area contributed by atoms with Crippen molar-refractivity contribution in [1.82, 2.24) is 15.3 Å². The highest BCUT2D eigenvalue weighted by molar-refractivity contribution is 5.91. The first-order chi connectivity index (χ1) is 11.7. The molecule has 1 fully saturated rings. The van der Waals surface area contributed by atoms with Gasteiger partial charge in [-0.05, 0) is 36.8 Å². The molecule has 0 amide bonds. The van der Waals surface area contributed by atoms with Gasteiger partial charge in [-0.2, -0.15) is 0 Å². The Morgan fingerprint density at radius 3 is 2.88 bits per heavy atom. The predicted octanol–water partition coefficient (Wildman–Crippen LogP) is 2.73. The average molecular weight is 323 g/mol. The lowest BCUT2D eigenvalue weighted by Crippen LogP contribution is -2.23. The summed E-state index contributed by atoms with van der Waals surface area (Å²) in [5.74, 6) is 0.470. The van der Waals surface area contributed by atoms with Gasteiger partial charge in [0, 0.05) is 24.5 Å². The highest BCUT2D eigenvalue weighted by Gasteiger charge is 2.18. The van der Waals surface area contributed by atoms with Crippen molar-refractivity contribution in [3.63, 3.8) is 0 Å². The summed E-state index contributed by atoms with van der Waals surface area (Å²) in [7, 11) is 0. The number of rotatable bonds is 3. The number of aromatic hydroxyl groups is 1. The van der Waals surface area contributed by atoms with Crippen LogP contribution in [0.25, 0.3) is 22.3 Å². The molecule has 0 aliphatic carbocycles. The summed E-state index contributed by atoms with van der Waals surface area (Å²) < 4.78 is 13.6. The Labute approximate surface area is 138 Å². The van der Waals surface area contributed by atoms with Crippen molar-refractivity contribution in [1.29, 1.82) is 0 Å². The number of hydrogen-bond donors (Lipinski definition) is 3. The number of fused-ring (bicyclic) bond motifs is 1. The van der Waals surface area contributed by atoms with Crippen molar-refractivity contribution in [3.8, 4) is 17.1 Å². The number of phenols is 1. The molecule has 1 radical (unpaired) electrons. The van der Waals surface area contributed by atoms with E-state index in [1.54, 1.807) is 0 Å². The second kappa shape index (κ2) is 6.05. The first-order valence-corrected chi connectivity index (χ1v) is 7.77. The third kappa shape index (κ3) is 2.76. The standard InChI is InChI=1S/C18H16FN4O/c19-11-5-6-16(24)14(9-11)18-22-15-4-2-1-3-13(15)17(23-18)21-12-7-8-20-10-12/h1-7,9,12,20,24H,8,10H2,(H,21,22,23). The summed E-state index contributed by atoms with van der Waals surface area (Å²) >= 11 is 0. The molecular weight excluding hydrogens is 307 g/mol. The molecule has 1 saturated heterocycles. The minimum absolute atomic E-state index is 0.0493. The third-order valence-electron chi connectivity index (χ3n) is 4.04. The molecule has 3 N–H and O–H groups in total. The Kier molecular flexibility index (Phi) is 3.74. The number of hydrogen-bond acceptors (Lipinski definition) is 5. The van der Waals surface area contributed by atoms with Crippen molar-refractivity contribution >= 4 is 16.7 Å². The Morgan fingerprint density at radius 2 is 2.04 bits per heavy atom. The SMILES string of the molecule is Oc1ccc(F)cc1-c1nc(NC2[CH]CNC2)c2ccccc2n1. The summed E-state index contributed by atoms with van der Waals surface area (Å²) in [5, 5.41) is 17.6. The maximum absolute atomic E-state index is 13.6. The van der Waals surface area contributed by atoms with Crippen LogP contribution in [-0.2, 0) is 0 Å². The summed E-state index contributed by atoms with van der Waals surface area (Å²) in [6.45, 7) is 1.66. The smallest absolute Gasteiger partial charge is 0.165 e. The van der Waals surface area contributed by atoms with E-state index in [1.165, 1.54) is 18.2 Å². The first-order valence-electron chi connectivity index (χ1n) is 7.77. The molecule has 2 heterocycles. The predicted molar refractivity (Wildman–Crippen MR) is 91.2 cm³/mol. The molecule has 121 valence electrons. The lowest BCUT2D eigenvalue weighted by atomic mass is 10.1. The van der Waals surface area contributed by atoms with Gasteiger partial charge in [0.1, 0.15) is 17.4 Å². The zero-order chi connectivity index (χ0) is 16.5. The van der Waals surface area contributed by atoms with Gasteiger partial charge >= 0.3 is 0 Å². The molecule has 1 unspecified atom stereocenters. The topological polar surface area (TPSA) is 70.1 Å². The quantitative estimate of drug-likeness (QED) is 0.691. The van der Waals surface area contributed by atoms with Gasteiger partial charge in [0.15, 0.2) is 5.82 Å². The number of halogens is 1. The minimum atomic E-state index is -0.442. The molecule has 0 spiro atoms. The van der Waals surface area contributed by atoms with Gasteiger partial charge < -0.3 is 15.7 Å². The van der Waals surface area contributed by atoms with E-state index in [0.717, 1.165) is 24.0 Å². The maximum Gasteiger partial charge on any atom is 0.165 e. The van der Waals surface area contributed by atoms with Crippen LogP contribution >= 0.6 is 0 Å². The molecule has 6 heteroatoms. The molecule has 0 saturated carbocycles. The number of phenolic OH excluding ortho intramolecular Hbond substituents is 1. The van der Waals surface area contributed by atoms with Gasteiger partial charge in [-0.15, -0.1) is 0 Å². The Bertz CT molecular complexity index is 893. The van der Waals surface area contributed by atoms with E-state index in [9.17, 15) is 9.50 Å². The zero-order valence-corrected chi connectivity index (χ0v) is 12.8. The van der Waals surface area contributed by atoms with Gasteiger partial charge in [0.25, 0.3) is 0 Å². The van der Waals surface area contributed by atoms with E-state index >= 15 is 0 Å². The molecule has 3 aromatic rings. The average Bonchev–Trinajstić information content (AvgIpc) is 3.10. The Hall–Kier alpha value is -2.73. The zero-order valence-electron chi connectivity index (χ0n) is 12.8. The molecule has 1 aliphatic rings. The Balaban J connectivity index is 1.85. The normalized spacial score (nSPS) is 17.3. The number of anilines is 1. The largest absolute Gasteiger partial charge is 0.507 e. The van der Waals surface area contributed by atoms with E-state index in [0.29, 0.717) is 11.6 Å². The molecule has 4 rings (SSSR count). The highest BCUT2D eigenvalue weighted by Crippen LogP contribution is 2.31. The van der Waals surface area contributed by atoms with E-state index < -0.39 is 5.82 Å². The van der Waals surface area contributed by atoms with Crippen molar-refractivity contribution in [2.24, 2.45) is 0 Å². The highest BCUT2D eigenvalue weighted by atomic mass is 19.1. The second-order valence-corrected chi connectivity index (χ2v) is 5.72. The molecule has 24 heavy (non-hydrogen) atoms. The van der Waals surface area contributed by atoms with Crippen LogP contribution in [0.3, 0.4) is 0 Å². The van der Waals surface area contributed by atoms with Crippen LogP contribution in [0.15, 0.2) is 42.5 Å². The summed E-state index contributed by atoms with van der Waals surface area (Å²) in [4.78, 5) is 9.02. The van der Waals surface area contributed by atoms with Crippen molar-refractivity contribution < 1.29 is 9.50 Å². The molecule has 5 nitrogen and oxygen atoms in total. The van der Waals surface area contributed by atoms with E-state index in [2.05, 4.69) is 27.0 Å². The molecule has 1 aromatic heterocycles.